The first-order chi connectivity index (χ1) is 65.1. The summed E-state index contributed by atoms with van der Waals surface area (Å²) < 4.78 is 196. The molecule has 12 aliphatic rings. The molecule has 4 aromatic rings. The summed E-state index contributed by atoms with van der Waals surface area (Å²) in [7, 11) is 0. The third-order valence-corrected chi connectivity index (χ3v) is 22.9. The Morgan fingerprint density at radius 2 is 0.414 bits per heavy atom. The van der Waals surface area contributed by atoms with Gasteiger partial charge < -0.3 is 172 Å². The van der Waals surface area contributed by atoms with E-state index in [0.717, 1.165) is 6.42 Å². The van der Waals surface area contributed by atoms with E-state index in [-0.39, 0.29) is 285 Å². The highest BCUT2D eigenvalue weighted by Crippen LogP contribution is 2.32. The second-order valence-corrected chi connectivity index (χ2v) is 37.4. The Morgan fingerprint density at radius 1 is 0.248 bits per heavy atom. The zero-order valence-electron chi connectivity index (χ0n) is 75.9. The maximum absolute atomic E-state index is 11.8. The maximum Gasteiger partial charge on any atom is 0.159 e. The van der Waals surface area contributed by atoms with Gasteiger partial charge in [0.2, 0.25) is 0 Å². The smallest absolute Gasteiger partial charge is 0.159 e. The lowest BCUT2D eigenvalue weighted by Gasteiger charge is -2.36. The van der Waals surface area contributed by atoms with Gasteiger partial charge in [-0.1, -0.05) is 20.9 Å². The average Bonchev–Trinajstić information content (AvgIpc) is 1.56. The number of nitrogens with zero attached hydrogens (tertiary/aromatic N) is 12. The lowest BCUT2D eigenvalue weighted by Crippen LogP contribution is -2.44. The molecule has 0 aliphatic carbocycles. The molecule has 0 saturated carbocycles. The molecule has 0 bridgehead atoms. The number of hydrogen-bond acceptors (Lipinski definition) is 44. The van der Waals surface area contributed by atoms with Gasteiger partial charge in [-0.25, -0.2) is 18.7 Å². The summed E-state index contributed by atoms with van der Waals surface area (Å²) in [5.74, 6) is 0. The van der Waals surface area contributed by atoms with Crippen LogP contribution in [0.15, 0.2) is 24.8 Å². The van der Waals surface area contributed by atoms with Gasteiger partial charge in [0, 0.05) is 6.42 Å². The molecule has 0 radical (unpaired) electrons. The molecule has 752 valence electrons. The molecule has 4 aromatic heterocycles. The molecular weight excluding hydrogens is 1760 g/mol. The summed E-state index contributed by atoms with van der Waals surface area (Å²) in [5.41, 5.74) is -2.11. The highest BCUT2D eigenvalue weighted by atomic mass is 16.7. The van der Waals surface area contributed by atoms with Gasteiger partial charge in [0.15, 0.2) is 6.29 Å². The molecule has 16 rings (SSSR count). The summed E-state index contributed by atoms with van der Waals surface area (Å²) in [6.45, 7) is 14.9. The Kier molecular flexibility index (Phi) is 39.5. The lowest BCUT2D eigenvalue weighted by atomic mass is 9.92. The van der Waals surface area contributed by atoms with Crippen molar-refractivity contribution in [3.63, 3.8) is 0 Å². The Hall–Kier alpha value is -4.88. The third kappa shape index (κ3) is 39.3. The Morgan fingerprint density at radius 3 is 0.579 bits per heavy atom. The first kappa shape index (κ1) is 101. The topological polar surface area (TPSA) is 535 Å². The fraction of sp³-hybridized carbons (Fsp3) is 0.906. The van der Waals surface area contributed by atoms with Gasteiger partial charge >= 0.3 is 0 Å². The summed E-state index contributed by atoms with van der Waals surface area (Å²) >= 11 is 0. The Balaban J connectivity index is 0.572. The van der Waals surface area contributed by atoms with Crippen molar-refractivity contribution in [2.24, 2.45) is 27.1 Å². The number of ether oxygens (including phenoxy) is 32. The van der Waals surface area contributed by atoms with Crippen molar-refractivity contribution in [3.05, 3.63) is 47.6 Å². The summed E-state index contributed by atoms with van der Waals surface area (Å²) in [4.78, 5) is 0. The molecule has 16 heterocycles. The van der Waals surface area contributed by atoms with Crippen LogP contribution in [0.3, 0.4) is 0 Å². The van der Waals surface area contributed by atoms with Gasteiger partial charge in [0.05, 0.1) is 439 Å². The first-order valence-corrected chi connectivity index (χ1v) is 46.4. The Bertz CT molecular complexity index is 3450. The highest BCUT2D eigenvalue weighted by Gasteiger charge is 2.44. The van der Waals surface area contributed by atoms with Crippen molar-refractivity contribution >= 4 is 0 Å². The van der Waals surface area contributed by atoms with Crippen LogP contribution < -0.4 is 0 Å². The minimum Gasteiger partial charge on any atom is -0.389 e. The monoisotopic (exact) mass is 1900 g/mol. The van der Waals surface area contributed by atoms with E-state index in [0.29, 0.717) is 175 Å². The number of epoxide rings is 11. The van der Waals surface area contributed by atoms with Crippen molar-refractivity contribution in [3.8, 4) is 0 Å². The first-order valence-electron chi connectivity index (χ1n) is 46.4. The number of rotatable bonds is 87. The number of hydrogen-bond donors (Lipinski definition) is 4. The van der Waals surface area contributed by atoms with E-state index in [9.17, 15) is 20.4 Å². The molecule has 12 aliphatic heterocycles. The fourth-order valence-corrected chi connectivity index (χ4v) is 14.3. The minimum absolute atomic E-state index is 0.0406. The fourth-order valence-electron chi connectivity index (χ4n) is 14.3. The van der Waals surface area contributed by atoms with Gasteiger partial charge in [0.25, 0.3) is 0 Å². The number of aliphatic hydroxyl groups is 4. The SMILES string of the molecule is OC(COCC(COCC(O)Cn1cc(COCC(COCC2CO2)(COCC2CO2)COCC2CO2)nn1)(COCC(O)Cn1cc(COCC(COCC2CO2)(COCC2CO2)COCC2CO2)nn1)COCC(O)Cn1cc(COCC(COCC2CO2)(COCC2CO2)COC2CCO2)nn1)Cn1cc(COCC(COCC2CO2)(COCC2CO2)COCC2CO2)nn1. The van der Waals surface area contributed by atoms with E-state index < -0.39 is 51.5 Å². The van der Waals surface area contributed by atoms with E-state index in [1.165, 1.54) is 18.7 Å². The molecular formula is C85H136N12O36. The van der Waals surface area contributed by atoms with Gasteiger partial charge in [0.1, 0.15) is 89.9 Å². The van der Waals surface area contributed by atoms with E-state index in [1.807, 2.05) is 0 Å². The van der Waals surface area contributed by atoms with Crippen molar-refractivity contribution in [2.75, 3.05) is 311 Å². The van der Waals surface area contributed by atoms with Gasteiger partial charge in [-0.3, -0.25) is 0 Å². The molecule has 4 N–H and O–H groups in total. The molecule has 12 saturated heterocycles. The zero-order chi connectivity index (χ0) is 91.1. The van der Waals surface area contributed by atoms with Gasteiger partial charge in [-0.15, -0.1) is 20.4 Å². The second-order valence-electron chi connectivity index (χ2n) is 37.4. The van der Waals surface area contributed by atoms with E-state index in [4.69, 9.17) is 152 Å². The quantitative estimate of drug-likeness (QED) is 0.0306. The molecule has 48 nitrogen and oxygen atoms in total. The van der Waals surface area contributed by atoms with Crippen molar-refractivity contribution in [1.29, 1.82) is 0 Å². The van der Waals surface area contributed by atoms with Crippen LogP contribution in [0.5, 0.6) is 0 Å². The third-order valence-electron chi connectivity index (χ3n) is 22.9. The standard InChI is InChI=1S/C85H136N12O36/c98-65(7-94-3-61(86-90-94)11-102-41-81(48-110-19-69-30-122-69,49-111-20-70-31-123-70)50-112-21-71-32-124-71)15-106-44-84(45-107-16-66(99)8-95-4-62(87-91-95)12-103-42-82(51-113-22-72-33-125-72,52-114-23-73-34-126-73)53-115-24-74-35-127-74,46-108-17-67(100)9-96-5-63(88-92-96)13-104-43-83(54-116-25-75-36-128-75,55-117-26-76-37-129-76)56-118-27-77-38-130-77)47-109-18-68(101)10-97-6-64(89-93-97)14-105-57-85(58-119-28-78-39-131-78,59-120-29-79-40-132-79)60-133-80-1-2-121-80/h3-6,65-80,98-101H,1-2,7-60H2. The molecule has 0 amide bonds. The van der Waals surface area contributed by atoms with Crippen molar-refractivity contribution in [1.82, 2.24) is 60.0 Å². The summed E-state index contributed by atoms with van der Waals surface area (Å²) in [6.07, 6.45) is 3.08. The van der Waals surface area contributed by atoms with Crippen LogP contribution >= 0.6 is 0 Å². The molecule has 48 heteroatoms. The predicted octanol–water partition coefficient (Wildman–Crippen LogP) is -4.01. The Labute approximate surface area is 771 Å². The van der Waals surface area contributed by atoms with Crippen molar-refractivity contribution in [2.45, 2.75) is 157 Å². The molecule has 16 atom stereocenters. The largest absolute Gasteiger partial charge is 0.389 e. The van der Waals surface area contributed by atoms with Gasteiger partial charge in [-0.05, 0) is 0 Å². The summed E-state index contributed by atoms with van der Waals surface area (Å²) in [6, 6.07) is 0. The van der Waals surface area contributed by atoms with Crippen LogP contribution in [-0.4, -0.2) is 489 Å². The normalized spacial score (nSPS) is 27.1. The molecule has 133 heavy (non-hydrogen) atoms. The van der Waals surface area contributed by atoms with Crippen LogP contribution in [0.1, 0.15) is 29.2 Å². The van der Waals surface area contributed by atoms with E-state index >= 15 is 0 Å². The van der Waals surface area contributed by atoms with Crippen LogP contribution in [0.2, 0.25) is 0 Å². The van der Waals surface area contributed by atoms with Crippen LogP contribution in [-0.2, 0) is 204 Å². The van der Waals surface area contributed by atoms with Crippen LogP contribution in [0.25, 0.3) is 0 Å². The molecule has 0 aromatic carbocycles. The number of aliphatic hydroxyl groups excluding tert-OH is 4. The van der Waals surface area contributed by atoms with Crippen molar-refractivity contribution < 1.29 is 172 Å². The minimum atomic E-state index is -1.29. The molecule has 12 fully saturated rings. The van der Waals surface area contributed by atoms with E-state index in [2.05, 4.69) is 41.2 Å². The average molecular weight is 1900 g/mol. The number of aromatic nitrogens is 12. The van der Waals surface area contributed by atoms with E-state index in [1.54, 1.807) is 24.8 Å². The van der Waals surface area contributed by atoms with Crippen LogP contribution in [0, 0.1) is 27.1 Å². The predicted molar refractivity (Wildman–Crippen MR) is 445 cm³/mol. The maximum atomic E-state index is 11.8. The second kappa shape index (κ2) is 52.0. The molecule has 0 spiro atoms. The zero-order valence-corrected chi connectivity index (χ0v) is 75.9. The molecule has 16 unspecified atom stereocenters. The summed E-state index contributed by atoms with van der Waals surface area (Å²) in [5, 5.41) is 82.0. The van der Waals surface area contributed by atoms with Gasteiger partial charge in [-0.2, -0.15) is 0 Å². The lowest BCUT2D eigenvalue weighted by molar-refractivity contribution is -0.239. The van der Waals surface area contributed by atoms with Crippen LogP contribution in [0.4, 0.5) is 0 Å². The highest BCUT2D eigenvalue weighted by molar-refractivity contribution is 4.96.